The number of hydrogen-bond donors (Lipinski definition) is 3. The zero-order chi connectivity index (χ0) is 31.3. The molecule has 0 spiro atoms. The largest absolute Gasteiger partial charge is 0.416 e. The van der Waals surface area contributed by atoms with Crippen LogP contribution in [0.25, 0.3) is 0 Å². The number of aliphatic imine (C=N–C) groups is 2. The Balaban J connectivity index is 1.56. The molecule has 2 aromatic rings. The number of benzene rings is 1. The molecule has 3 heterocycles. The van der Waals surface area contributed by atoms with Crippen molar-refractivity contribution in [2.75, 3.05) is 38.5 Å². The summed E-state index contributed by atoms with van der Waals surface area (Å²) in [7, 11) is 1.99. The number of piperazine rings is 1. The molecule has 1 aromatic carbocycles. The number of hydrogen-bond acceptors (Lipinski definition) is 7. The van der Waals surface area contributed by atoms with Gasteiger partial charge in [-0.2, -0.15) is 13.2 Å². The summed E-state index contributed by atoms with van der Waals surface area (Å²) in [6.07, 6.45) is -1.84. The van der Waals surface area contributed by atoms with Crippen LogP contribution < -0.4 is 10.6 Å². The Hall–Kier alpha value is -4.60. The van der Waals surface area contributed by atoms with Gasteiger partial charge in [-0.25, -0.2) is 4.99 Å². The highest BCUT2D eigenvalue weighted by molar-refractivity contribution is 6.12. The highest BCUT2D eigenvalue weighted by Crippen LogP contribution is 2.34. The molecule has 1 saturated heterocycles. The molecule has 1 fully saturated rings. The highest BCUT2D eigenvalue weighted by atomic mass is 19.4. The van der Waals surface area contributed by atoms with Gasteiger partial charge in [0, 0.05) is 62.1 Å². The van der Waals surface area contributed by atoms with E-state index >= 15 is 0 Å². The highest BCUT2D eigenvalue weighted by Gasteiger charge is 2.34. The average Bonchev–Trinajstić information content (AvgIpc) is 2.97. The molecule has 2 aliphatic heterocycles. The summed E-state index contributed by atoms with van der Waals surface area (Å²) in [4.78, 5) is 29.4. The van der Waals surface area contributed by atoms with Crippen LogP contribution in [0, 0.1) is 17.3 Å². The number of carbonyl (C=O) groups excluding carboxylic acids is 1. The quantitative estimate of drug-likeness (QED) is 0.266. The molecule has 43 heavy (non-hydrogen) atoms. The molecule has 0 atom stereocenters. The number of nitrogens with zero attached hydrogens (tertiary/aromatic N) is 5. The summed E-state index contributed by atoms with van der Waals surface area (Å²) in [5.41, 5.74) is 2.87. The normalized spacial score (nSPS) is 17.3. The molecule has 3 N–H and O–H groups in total. The molecule has 2 aliphatic rings. The Kier molecular flexibility index (Phi) is 9.58. The number of anilines is 1. The van der Waals surface area contributed by atoms with Gasteiger partial charge in [0.25, 0.3) is 5.91 Å². The third-order valence-electron chi connectivity index (χ3n) is 7.19. The molecule has 0 saturated carbocycles. The van der Waals surface area contributed by atoms with Gasteiger partial charge in [0.05, 0.1) is 33.8 Å². The van der Waals surface area contributed by atoms with Crippen LogP contribution in [0.5, 0.6) is 0 Å². The minimum absolute atomic E-state index is 0.0188. The first-order chi connectivity index (χ1) is 20.3. The van der Waals surface area contributed by atoms with Crippen molar-refractivity contribution >= 4 is 29.9 Å². The molecule has 9 nitrogen and oxygen atoms in total. The zero-order valence-electron chi connectivity index (χ0n) is 24.5. The van der Waals surface area contributed by atoms with Crippen LogP contribution in [-0.2, 0) is 12.7 Å². The fourth-order valence-corrected chi connectivity index (χ4v) is 4.60. The Bertz CT molecular complexity index is 1600. The van der Waals surface area contributed by atoms with E-state index in [1.54, 1.807) is 6.92 Å². The molecular weight excluding hydrogens is 557 g/mol. The molecule has 1 aromatic heterocycles. The van der Waals surface area contributed by atoms with Crippen LogP contribution in [0.1, 0.15) is 47.8 Å². The van der Waals surface area contributed by atoms with Gasteiger partial charge in [-0.05, 0) is 58.3 Å². The first kappa shape index (κ1) is 31.3. The van der Waals surface area contributed by atoms with E-state index in [4.69, 9.17) is 5.41 Å². The number of halogens is 3. The summed E-state index contributed by atoms with van der Waals surface area (Å²) in [6, 6.07) is 5.32. The number of nitrogens with one attached hydrogen (secondary N) is 3. The topological polar surface area (TPSA) is 109 Å². The number of rotatable bonds is 5. The molecular formula is C31H33F3N8O. The van der Waals surface area contributed by atoms with Crippen molar-refractivity contribution in [2.45, 2.75) is 33.5 Å². The zero-order valence-corrected chi connectivity index (χ0v) is 24.5. The van der Waals surface area contributed by atoms with Crippen LogP contribution >= 0.6 is 0 Å². The van der Waals surface area contributed by atoms with Crippen molar-refractivity contribution in [2.24, 2.45) is 9.98 Å². The van der Waals surface area contributed by atoms with Gasteiger partial charge in [0.2, 0.25) is 0 Å². The number of aromatic nitrogens is 1. The molecule has 0 bridgehead atoms. The monoisotopic (exact) mass is 590 g/mol. The van der Waals surface area contributed by atoms with E-state index < -0.39 is 17.6 Å². The summed E-state index contributed by atoms with van der Waals surface area (Å²) < 4.78 is 41.9. The number of pyridine rings is 1. The molecule has 4 rings (SSSR count). The average molecular weight is 591 g/mol. The molecule has 0 unspecified atom stereocenters. The fourth-order valence-electron chi connectivity index (χ4n) is 4.60. The molecule has 0 aliphatic carbocycles. The smallest absolute Gasteiger partial charge is 0.355 e. The molecule has 0 radical (unpaired) electrons. The van der Waals surface area contributed by atoms with Crippen LogP contribution in [0.4, 0.5) is 18.9 Å². The maximum Gasteiger partial charge on any atom is 0.416 e. The van der Waals surface area contributed by atoms with Crippen LogP contribution in [0.2, 0.25) is 0 Å². The second kappa shape index (κ2) is 13.1. The van der Waals surface area contributed by atoms with Gasteiger partial charge in [-0.1, -0.05) is 17.9 Å². The van der Waals surface area contributed by atoms with E-state index in [1.165, 1.54) is 30.6 Å². The Labute approximate surface area is 248 Å². The van der Waals surface area contributed by atoms with Gasteiger partial charge in [-0.3, -0.25) is 25.1 Å². The lowest BCUT2D eigenvalue weighted by atomic mass is 10.0. The number of alkyl halides is 3. The number of amides is 1. The molecule has 224 valence electrons. The predicted octanol–water partition coefficient (Wildman–Crippen LogP) is 4.70. The third kappa shape index (κ3) is 7.82. The minimum atomic E-state index is -4.58. The lowest BCUT2D eigenvalue weighted by Gasteiger charge is -2.33. The van der Waals surface area contributed by atoms with Crippen LogP contribution in [-0.4, -0.2) is 72.2 Å². The van der Waals surface area contributed by atoms with E-state index in [0.717, 1.165) is 30.5 Å². The van der Waals surface area contributed by atoms with E-state index in [-0.39, 0.29) is 34.8 Å². The number of amidine groups is 1. The lowest BCUT2D eigenvalue weighted by molar-refractivity contribution is -0.138. The van der Waals surface area contributed by atoms with Gasteiger partial charge in [0.1, 0.15) is 0 Å². The van der Waals surface area contributed by atoms with E-state index in [9.17, 15) is 18.0 Å². The minimum Gasteiger partial charge on any atom is -0.355 e. The summed E-state index contributed by atoms with van der Waals surface area (Å²) in [5.74, 6) is 5.01. The van der Waals surface area contributed by atoms with Gasteiger partial charge < -0.3 is 15.5 Å². The van der Waals surface area contributed by atoms with E-state index in [2.05, 4.69) is 49.1 Å². The van der Waals surface area contributed by atoms with Crippen molar-refractivity contribution in [1.82, 2.24) is 20.1 Å². The number of likely N-dealkylation sites (N-methyl/N-ethyl adjacent to an activating group) is 1. The second-order valence-corrected chi connectivity index (χ2v) is 10.4. The SMILES string of the molecule is C=NC(=N)C(C#Cc1cncc(C(=O)Nc2ccc(CN3CCN(C)CC3)c(C(F)(F)F)c2)c1)=C1NC(C)=C(C)N=C1C. The molecule has 12 heteroatoms. The first-order valence-electron chi connectivity index (χ1n) is 13.5. The summed E-state index contributed by atoms with van der Waals surface area (Å²) in [6.45, 7) is 12.1. The van der Waals surface area contributed by atoms with Gasteiger partial charge in [0.15, 0.2) is 5.84 Å². The van der Waals surface area contributed by atoms with Gasteiger partial charge in [-0.15, -0.1) is 0 Å². The Morgan fingerprint density at radius 1 is 1.16 bits per heavy atom. The number of allylic oxidation sites excluding steroid dienone is 3. The molecule has 1 amide bonds. The second-order valence-electron chi connectivity index (χ2n) is 10.4. The Morgan fingerprint density at radius 3 is 2.56 bits per heavy atom. The van der Waals surface area contributed by atoms with Crippen molar-refractivity contribution in [3.05, 3.63) is 81.6 Å². The number of carbonyl (C=O) groups is 1. The van der Waals surface area contributed by atoms with Gasteiger partial charge >= 0.3 is 6.18 Å². The van der Waals surface area contributed by atoms with Crippen molar-refractivity contribution in [1.29, 1.82) is 5.41 Å². The standard InChI is InChI=1S/C31H33F3N8O/c1-19-20(2)39-28(21(3)38-19)26(29(35)36-4)9-6-22-14-24(17-37-16-22)30(43)40-25-8-7-23(27(15-25)31(32,33)34)18-42-12-10-41(5)11-13-42/h7-8,14-17,35,39H,4,10-13,18H2,1-3,5H3,(H,40,43). The third-order valence-corrected chi connectivity index (χ3v) is 7.19. The fraction of sp³-hybridized carbons (Fsp3) is 0.323. The maximum absolute atomic E-state index is 14.0. The first-order valence-corrected chi connectivity index (χ1v) is 13.5. The van der Waals surface area contributed by atoms with Crippen LogP contribution in [0.15, 0.2) is 69.3 Å². The van der Waals surface area contributed by atoms with Crippen molar-refractivity contribution < 1.29 is 18.0 Å². The van der Waals surface area contributed by atoms with Crippen molar-refractivity contribution in [3.8, 4) is 11.8 Å². The summed E-state index contributed by atoms with van der Waals surface area (Å²) >= 11 is 0. The Morgan fingerprint density at radius 2 is 1.88 bits per heavy atom. The van der Waals surface area contributed by atoms with Crippen LogP contribution in [0.3, 0.4) is 0 Å². The van der Waals surface area contributed by atoms with E-state index in [1.807, 2.05) is 25.8 Å². The lowest BCUT2D eigenvalue weighted by Crippen LogP contribution is -2.44. The van der Waals surface area contributed by atoms with E-state index in [0.29, 0.717) is 30.1 Å². The maximum atomic E-state index is 14.0. The predicted molar refractivity (Wildman–Crippen MR) is 162 cm³/mol. The summed E-state index contributed by atoms with van der Waals surface area (Å²) in [5, 5.41) is 14.0. The van der Waals surface area contributed by atoms with Crippen molar-refractivity contribution in [3.63, 3.8) is 0 Å².